The minimum atomic E-state index is -0.183. The van der Waals surface area contributed by atoms with Crippen LogP contribution in [-0.2, 0) is 11.8 Å². The average molecular weight is 910 g/mol. The summed E-state index contributed by atoms with van der Waals surface area (Å²) in [5.41, 5.74) is 18.3. The number of hydrogen-bond acceptors (Lipinski definition) is 3. The predicted octanol–water partition coefficient (Wildman–Crippen LogP) is 16.5. The van der Waals surface area contributed by atoms with Crippen LogP contribution in [0, 0.1) is 22.7 Å². The highest BCUT2D eigenvalue weighted by Crippen LogP contribution is 2.54. The number of hydrogen-bond donors (Lipinski definition) is 0. The standard InChI is InChI=1S/C65H43N5O/c1-65(2)50-24-10-3-17-39(50)47-35-38(31-33-51(47)65)59-63(68-52-25-11-4-18-40(52)41-19-5-12-26-53(41)68)48(36-66)61(49(37-67)64(59)69-54-27-13-6-20-42(54)43-21-7-14-28-55(43)69)70-56-29-15-8-22-44(56)45-32-34-58-60(62(45)70)46-23-9-16-30-57(46)71-58/h4-6,8-16,18-20,22-35H,3,7,17,21H2,1-2H3. The van der Waals surface area contributed by atoms with Crippen LogP contribution in [0.4, 0.5) is 0 Å². The van der Waals surface area contributed by atoms with Gasteiger partial charge in [-0.05, 0) is 114 Å². The molecule has 71 heavy (non-hydrogen) atoms. The Morgan fingerprint density at radius 2 is 1.10 bits per heavy atom. The molecule has 0 spiro atoms. The number of para-hydroxylation sites is 5. The summed E-state index contributed by atoms with van der Waals surface area (Å²) in [6.45, 7) is 4.68. The van der Waals surface area contributed by atoms with E-state index in [4.69, 9.17) is 4.42 Å². The van der Waals surface area contributed by atoms with Crippen LogP contribution in [0.25, 0.3) is 116 Å². The van der Waals surface area contributed by atoms with Crippen LogP contribution in [0.3, 0.4) is 0 Å². The van der Waals surface area contributed by atoms with E-state index in [1.165, 1.54) is 27.8 Å². The Hall–Kier alpha value is -9.10. The first-order valence-electron chi connectivity index (χ1n) is 24.7. The molecule has 0 radical (unpaired) electrons. The summed E-state index contributed by atoms with van der Waals surface area (Å²) >= 11 is 0. The van der Waals surface area contributed by atoms with Gasteiger partial charge in [-0.1, -0.05) is 135 Å². The molecule has 3 aliphatic carbocycles. The highest BCUT2D eigenvalue weighted by atomic mass is 16.3. The summed E-state index contributed by atoms with van der Waals surface area (Å²) in [4.78, 5) is 0. The number of furan rings is 1. The first kappa shape index (κ1) is 39.9. The van der Waals surface area contributed by atoms with E-state index in [9.17, 15) is 10.5 Å². The minimum absolute atomic E-state index is 0.183. The number of rotatable bonds is 4. The van der Waals surface area contributed by atoms with Crippen molar-refractivity contribution >= 4 is 88.1 Å². The number of allylic oxidation sites excluding steroid dienone is 5. The van der Waals surface area contributed by atoms with Crippen LogP contribution in [0.15, 0.2) is 180 Å². The van der Waals surface area contributed by atoms with Gasteiger partial charge in [0.25, 0.3) is 0 Å². The third kappa shape index (κ3) is 5.18. The first-order valence-corrected chi connectivity index (χ1v) is 24.7. The van der Waals surface area contributed by atoms with Gasteiger partial charge in [0, 0.05) is 49.0 Å². The number of nitrogens with zero attached hydrogens (tertiary/aromatic N) is 5. The molecular formula is C65H43N5O. The van der Waals surface area contributed by atoms with Crippen LogP contribution in [0.1, 0.15) is 66.6 Å². The predicted molar refractivity (Wildman–Crippen MR) is 290 cm³/mol. The molecule has 3 aliphatic rings. The highest BCUT2D eigenvalue weighted by molar-refractivity contribution is 6.25. The number of nitriles is 2. The van der Waals surface area contributed by atoms with Crippen LogP contribution in [0.5, 0.6) is 0 Å². The zero-order chi connectivity index (χ0) is 47.3. The van der Waals surface area contributed by atoms with E-state index in [2.05, 4.69) is 197 Å². The van der Waals surface area contributed by atoms with Gasteiger partial charge < -0.3 is 18.1 Å². The van der Waals surface area contributed by atoms with Crippen molar-refractivity contribution in [3.8, 4) is 40.3 Å². The molecule has 4 heterocycles. The molecule has 0 fully saturated rings. The molecule has 12 aromatic rings. The number of benzene rings is 8. The summed E-state index contributed by atoms with van der Waals surface area (Å²) in [6, 6.07) is 59.2. The molecule has 0 atom stereocenters. The Labute approximate surface area is 409 Å². The van der Waals surface area contributed by atoms with Crippen LogP contribution in [-0.4, -0.2) is 13.7 Å². The van der Waals surface area contributed by atoms with Crippen molar-refractivity contribution < 1.29 is 4.42 Å². The quantitative estimate of drug-likeness (QED) is 0.176. The van der Waals surface area contributed by atoms with E-state index in [1.807, 2.05) is 18.2 Å². The lowest BCUT2D eigenvalue weighted by Gasteiger charge is -2.27. The van der Waals surface area contributed by atoms with E-state index in [0.29, 0.717) is 16.8 Å². The molecule has 0 saturated carbocycles. The molecule has 0 bridgehead atoms. The van der Waals surface area contributed by atoms with E-state index in [1.54, 1.807) is 0 Å². The van der Waals surface area contributed by atoms with Gasteiger partial charge in [-0.2, -0.15) is 10.5 Å². The third-order valence-electron chi connectivity index (χ3n) is 16.1. The molecule has 6 heteroatoms. The van der Waals surface area contributed by atoms with Crippen molar-refractivity contribution in [1.29, 1.82) is 10.5 Å². The summed E-state index contributed by atoms with van der Waals surface area (Å²) in [5.74, 6) is 0. The summed E-state index contributed by atoms with van der Waals surface area (Å²) < 4.78 is 13.5. The molecule has 8 aromatic carbocycles. The Balaban J connectivity index is 1.24. The van der Waals surface area contributed by atoms with Crippen molar-refractivity contribution in [2.45, 2.75) is 44.9 Å². The topological polar surface area (TPSA) is 75.5 Å². The van der Waals surface area contributed by atoms with Gasteiger partial charge in [0.2, 0.25) is 0 Å². The fourth-order valence-electron chi connectivity index (χ4n) is 13.1. The smallest absolute Gasteiger partial charge is 0.137 e. The van der Waals surface area contributed by atoms with Crippen LogP contribution >= 0.6 is 0 Å². The Morgan fingerprint density at radius 3 is 1.80 bits per heavy atom. The molecule has 4 aromatic heterocycles. The van der Waals surface area contributed by atoms with E-state index >= 15 is 0 Å². The van der Waals surface area contributed by atoms with Gasteiger partial charge in [-0.3, -0.25) is 0 Å². The van der Waals surface area contributed by atoms with Crippen molar-refractivity contribution in [3.63, 3.8) is 0 Å². The summed E-state index contributed by atoms with van der Waals surface area (Å²) in [7, 11) is 0. The summed E-state index contributed by atoms with van der Waals surface area (Å²) in [6.07, 6.45) is 12.9. The third-order valence-corrected chi connectivity index (χ3v) is 16.1. The second kappa shape index (κ2) is 14.5. The van der Waals surface area contributed by atoms with E-state index in [-0.39, 0.29) is 5.41 Å². The first-order chi connectivity index (χ1) is 35.0. The van der Waals surface area contributed by atoms with Gasteiger partial charge in [0.1, 0.15) is 34.4 Å². The zero-order valence-electron chi connectivity index (χ0n) is 39.2. The molecule has 6 nitrogen and oxygen atoms in total. The lowest BCUT2D eigenvalue weighted by molar-refractivity contribution is 0.651. The van der Waals surface area contributed by atoms with E-state index < -0.39 is 0 Å². The SMILES string of the molecule is CC1(C)C2=C(CCC=C2)c2cc(-c3c(-n4c5c(c6ccccc64)CCC=C5)c(C#N)c(-n4c5ccccc5c5ccc6oc7ccccc7c6c54)c(C#N)c3-n3c4ccccc4c4ccccc43)ccc21. The molecule has 15 rings (SSSR count). The van der Waals surface area contributed by atoms with Gasteiger partial charge in [0.15, 0.2) is 0 Å². The lowest BCUT2D eigenvalue weighted by atomic mass is 9.80. The van der Waals surface area contributed by atoms with Gasteiger partial charge in [-0.15, -0.1) is 0 Å². The van der Waals surface area contributed by atoms with Gasteiger partial charge in [0.05, 0.1) is 50.0 Å². The largest absolute Gasteiger partial charge is 0.456 e. The second-order valence-electron chi connectivity index (χ2n) is 19.9. The van der Waals surface area contributed by atoms with Crippen molar-refractivity contribution in [1.82, 2.24) is 13.7 Å². The van der Waals surface area contributed by atoms with Gasteiger partial charge in [-0.25, -0.2) is 0 Å². The van der Waals surface area contributed by atoms with Gasteiger partial charge >= 0.3 is 0 Å². The maximum atomic E-state index is 12.5. The Bertz CT molecular complexity index is 4520. The maximum absolute atomic E-state index is 12.5. The molecular weight excluding hydrogens is 867 g/mol. The average Bonchev–Trinajstić information content (AvgIpc) is 4.20. The molecule has 0 saturated heterocycles. The molecule has 334 valence electrons. The number of aryl methyl sites for hydroxylation is 1. The molecule has 0 unspecified atom stereocenters. The van der Waals surface area contributed by atoms with Crippen LogP contribution in [0.2, 0.25) is 0 Å². The number of fused-ring (bicyclic) bond motifs is 15. The molecule has 0 N–H and O–H groups in total. The maximum Gasteiger partial charge on any atom is 0.137 e. The highest BCUT2D eigenvalue weighted by Gasteiger charge is 2.39. The number of aromatic nitrogens is 3. The van der Waals surface area contributed by atoms with Crippen molar-refractivity contribution in [2.24, 2.45) is 0 Å². The lowest BCUT2D eigenvalue weighted by Crippen LogP contribution is -2.17. The van der Waals surface area contributed by atoms with Crippen molar-refractivity contribution in [3.05, 3.63) is 209 Å². The monoisotopic (exact) mass is 909 g/mol. The zero-order valence-corrected chi connectivity index (χ0v) is 39.2. The Kier molecular flexibility index (Phi) is 8.12. The Morgan fingerprint density at radius 1 is 0.521 bits per heavy atom. The second-order valence-corrected chi connectivity index (χ2v) is 19.9. The molecule has 0 amide bonds. The fourth-order valence-corrected chi connectivity index (χ4v) is 13.1. The van der Waals surface area contributed by atoms with E-state index in [0.717, 1.165) is 130 Å². The van der Waals surface area contributed by atoms with Crippen LogP contribution < -0.4 is 0 Å². The normalized spacial score (nSPS) is 14.9. The summed E-state index contributed by atoms with van der Waals surface area (Å²) in [5, 5.41) is 32.2. The fraction of sp³-hybridized carbons (Fsp3) is 0.108. The molecule has 0 aliphatic heterocycles. The van der Waals surface area contributed by atoms with Crippen molar-refractivity contribution in [2.75, 3.05) is 0 Å². The minimum Gasteiger partial charge on any atom is -0.456 e.